The normalized spacial score (nSPS) is 19.9. The first-order chi connectivity index (χ1) is 13.4. The Bertz CT molecular complexity index is 691. The third kappa shape index (κ3) is 4.13. The van der Waals surface area contributed by atoms with Crippen molar-refractivity contribution < 1.29 is 28.6 Å². The number of allylic oxidation sites excluding steroid dienone is 4. The van der Waals surface area contributed by atoms with Crippen LogP contribution in [0.25, 0.3) is 0 Å². The average Bonchev–Trinajstić information content (AvgIpc) is 3.16. The Morgan fingerprint density at radius 3 is 1.82 bits per heavy atom. The highest BCUT2D eigenvalue weighted by atomic mass is 16.6. The third-order valence-corrected chi connectivity index (χ3v) is 4.99. The molecule has 1 aliphatic carbocycles. The molecule has 1 aliphatic heterocycles. The Morgan fingerprint density at radius 2 is 1.43 bits per heavy atom. The number of amides is 1. The Balaban J connectivity index is 2.68. The van der Waals surface area contributed by atoms with E-state index in [0.717, 1.165) is 12.8 Å². The van der Waals surface area contributed by atoms with Crippen LogP contribution >= 0.6 is 0 Å². The predicted octanol–water partition coefficient (Wildman–Crippen LogP) is 3.72. The lowest BCUT2D eigenvalue weighted by Crippen LogP contribution is -2.41. The average molecular weight is 391 g/mol. The first-order valence-corrected chi connectivity index (χ1v) is 9.78. The maximum Gasteiger partial charge on any atom is 0.418 e. The van der Waals surface area contributed by atoms with Gasteiger partial charge in [0.15, 0.2) is 0 Å². The van der Waals surface area contributed by atoms with Gasteiger partial charge in [0.1, 0.15) is 0 Å². The van der Waals surface area contributed by atoms with Gasteiger partial charge in [-0.1, -0.05) is 12.2 Å². The van der Waals surface area contributed by atoms with E-state index in [2.05, 4.69) is 0 Å². The molecule has 0 N–H and O–H groups in total. The van der Waals surface area contributed by atoms with Gasteiger partial charge in [-0.2, -0.15) is 0 Å². The zero-order valence-electron chi connectivity index (χ0n) is 17.2. The molecule has 0 bridgehead atoms. The lowest BCUT2D eigenvalue weighted by Gasteiger charge is -2.37. The van der Waals surface area contributed by atoms with Crippen LogP contribution in [0.2, 0.25) is 0 Å². The summed E-state index contributed by atoms with van der Waals surface area (Å²) in [5.74, 6) is -1.64. The summed E-state index contributed by atoms with van der Waals surface area (Å²) < 4.78 is 15.7. The molecule has 154 valence electrons. The first kappa shape index (κ1) is 21.7. The lowest BCUT2D eigenvalue weighted by atomic mass is 9.76. The minimum Gasteiger partial charge on any atom is -0.463 e. The van der Waals surface area contributed by atoms with E-state index in [1.54, 1.807) is 34.6 Å². The summed E-state index contributed by atoms with van der Waals surface area (Å²) in [6, 6.07) is 0. The summed E-state index contributed by atoms with van der Waals surface area (Å²) in [6.07, 6.45) is 5.09. The largest absolute Gasteiger partial charge is 0.463 e. The smallest absolute Gasteiger partial charge is 0.418 e. The summed E-state index contributed by atoms with van der Waals surface area (Å²) in [5.41, 5.74) is 1.46. The van der Waals surface area contributed by atoms with E-state index in [4.69, 9.17) is 14.2 Å². The summed E-state index contributed by atoms with van der Waals surface area (Å²) in [5, 5.41) is 0. The fraction of sp³-hybridized carbons (Fsp3) is 0.571. The lowest BCUT2D eigenvalue weighted by molar-refractivity contribution is -0.140. The van der Waals surface area contributed by atoms with Crippen LogP contribution < -0.4 is 0 Å². The first-order valence-electron chi connectivity index (χ1n) is 9.78. The van der Waals surface area contributed by atoms with Gasteiger partial charge < -0.3 is 14.2 Å². The predicted molar refractivity (Wildman–Crippen MR) is 103 cm³/mol. The second-order valence-corrected chi connectivity index (χ2v) is 6.62. The van der Waals surface area contributed by atoms with Crippen LogP contribution in [0.15, 0.2) is 34.7 Å². The summed E-state index contributed by atoms with van der Waals surface area (Å²) >= 11 is 0. The highest BCUT2D eigenvalue weighted by molar-refractivity contribution is 5.99. The number of rotatable bonds is 6. The zero-order chi connectivity index (χ0) is 20.8. The molecule has 0 aromatic rings. The molecule has 0 spiro atoms. The van der Waals surface area contributed by atoms with Crippen LogP contribution in [-0.4, -0.2) is 42.8 Å². The molecule has 0 aromatic carbocycles. The maximum atomic E-state index is 12.9. The van der Waals surface area contributed by atoms with E-state index in [-0.39, 0.29) is 25.7 Å². The van der Waals surface area contributed by atoms with Gasteiger partial charge in [0, 0.05) is 17.3 Å². The van der Waals surface area contributed by atoms with Crippen LogP contribution in [-0.2, 0) is 23.8 Å². The molecule has 28 heavy (non-hydrogen) atoms. The van der Waals surface area contributed by atoms with Crippen molar-refractivity contribution in [3.63, 3.8) is 0 Å². The number of carbonyl (C=O) groups excluding carboxylic acids is 3. The molecule has 1 unspecified atom stereocenters. The van der Waals surface area contributed by atoms with Gasteiger partial charge in [-0.25, -0.2) is 14.4 Å². The van der Waals surface area contributed by atoms with Crippen molar-refractivity contribution in [2.24, 2.45) is 11.8 Å². The molecular weight excluding hydrogens is 362 g/mol. The molecule has 2 rings (SSSR count). The van der Waals surface area contributed by atoms with Crippen molar-refractivity contribution in [2.75, 3.05) is 19.8 Å². The standard InChI is InChI=1S/C21H29NO6/c1-6-26-19(23)16-13(4)22(21(25)28-8-3)14(5)17(20(24)27-7-2)18(16)15-11-9-10-12-15/h9,11,15,18H,6-8,10,12H2,1-5H3. The van der Waals surface area contributed by atoms with E-state index < -0.39 is 23.9 Å². The molecule has 7 nitrogen and oxygen atoms in total. The van der Waals surface area contributed by atoms with Crippen molar-refractivity contribution in [1.82, 2.24) is 4.90 Å². The number of nitrogens with zero attached hydrogens (tertiary/aromatic N) is 1. The van der Waals surface area contributed by atoms with Gasteiger partial charge in [0.25, 0.3) is 0 Å². The minimum atomic E-state index is -0.637. The fourth-order valence-corrected chi connectivity index (χ4v) is 3.88. The maximum absolute atomic E-state index is 12.9. The zero-order valence-corrected chi connectivity index (χ0v) is 17.2. The molecular formula is C21H29NO6. The van der Waals surface area contributed by atoms with Gasteiger partial charge in [-0.05, 0) is 53.4 Å². The number of esters is 2. The molecule has 1 amide bonds. The number of hydrogen-bond acceptors (Lipinski definition) is 6. The van der Waals surface area contributed by atoms with Crippen molar-refractivity contribution in [3.8, 4) is 0 Å². The van der Waals surface area contributed by atoms with Crippen molar-refractivity contribution >= 4 is 18.0 Å². The van der Waals surface area contributed by atoms with E-state index in [1.807, 2.05) is 12.2 Å². The molecule has 0 aromatic heterocycles. The van der Waals surface area contributed by atoms with Crippen LogP contribution in [0, 0.1) is 11.8 Å². The highest BCUT2D eigenvalue weighted by Crippen LogP contribution is 2.44. The molecule has 7 heteroatoms. The quantitative estimate of drug-likeness (QED) is 0.390. The fourth-order valence-electron chi connectivity index (χ4n) is 3.88. The van der Waals surface area contributed by atoms with Crippen LogP contribution in [0.5, 0.6) is 0 Å². The summed E-state index contributed by atoms with van der Waals surface area (Å²) in [4.78, 5) is 39.6. The molecule has 0 radical (unpaired) electrons. The third-order valence-electron chi connectivity index (χ3n) is 4.99. The van der Waals surface area contributed by atoms with Gasteiger partial charge in [0.2, 0.25) is 0 Å². The number of ether oxygens (including phenoxy) is 3. The van der Waals surface area contributed by atoms with Gasteiger partial charge in [-0.3, -0.25) is 4.90 Å². The van der Waals surface area contributed by atoms with Crippen molar-refractivity contribution in [1.29, 1.82) is 0 Å². The molecule has 0 fully saturated rings. The van der Waals surface area contributed by atoms with E-state index in [9.17, 15) is 14.4 Å². The SMILES string of the molecule is CCOC(=O)C1=C(C)N(C(=O)OCC)C(C)=C(C(=O)OCC)C1C1C=CCC1. The van der Waals surface area contributed by atoms with Crippen molar-refractivity contribution in [2.45, 2.75) is 47.5 Å². The van der Waals surface area contributed by atoms with Gasteiger partial charge >= 0.3 is 18.0 Å². The van der Waals surface area contributed by atoms with Crippen molar-refractivity contribution in [3.05, 3.63) is 34.7 Å². The van der Waals surface area contributed by atoms with Crippen LogP contribution in [0.4, 0.5) is 4.79 Å². The monoisotopic (exact) mass is 391 g/mol. The number of hydrogen-bond donors (Lipinski definition) is 0. The molecule has 0 saturated heterocycles. The highest BCUT2D eigenvalue weighted by Gasteiger charge is 2.44. The Morgan fingerprint density at radius 1 is 0.929 bits per heavy atom. The van der Waals surface area contributed by atoms with Crippen LogP contribution in [0.1, 0.15) is 47.5 Å². The Kier molecular flexibility index (Phi) is 7.43. The minimum absolute atomic E-state index is 0.0481. The van der Waals surface area contributed by atoms with E-state index in [0.29, 0.717) is 22.5 Å². The van der Waals surface area contributed by atoms with Gasteiger partial charge in [0.05, 0.1) is 31.0 Å². The van der Waals surface area contributed by atoms with Gasteiger partial charge in [-0.15, -0.1) is 0 Å². The summed E-state index contributed by atoms with van der Waals surface area (Å²) in [6.45, 7) is 9.06. The molecule has 1 atom stereocenters. The molecule has 0 saturated carbocycles. The van der Waals surface area contributed by atoms with Crippen LogP contribution in [0.3, 0.4) is 0 Å². The second-order valence-electron chi connectivity index (χ2n) is 6.62. The topological polar surface area (TPSA) is 82.1 Å². The summed E-state index contributed by atoms with van der Waals surface area (Å²) in [7, 11) is 0. The van der Waals surface area contributed by atoms with E-state index in [1.165, 1.54) is 4.90 Å². The molecule has 1 heterocycles. The second kappa shape index (κ2) is 9.57. The molecule has 2 aliphatic rings. The van der Waals surface area contributed by atoms with E-state index >= 15 is 0 Å². The Hall–Kier alpha value is -2.57. The Labute approximate surface area is 166 Å². The number of carbonyl (C=O) groups is 3.